The van der Waals surface area contributed by atoms with Gasteiger partial charge in [-0.25, -0.2) is 0 Å². The Labute approximate surface area is 123 Å². The molecule has 0 aromatic heterocycles. The molecule has 0 amide bonds. The van der Waals surface area contributed by atoms with E-state index in [0.717, 1.165) is 17.4 Å². The molecule has 1 heteroatoms. The van der Waals surface area contributed by atoms with E-state index < -0.39 is 0 Å². The predicted molar refractivity (Wildman–Crippen MR) is 85.2 cm³/mol. The minimum atomic E-state index is 0.731. The third-order valence-electron chi connectivity index (χ3n) is 4.64. The van der Waals surface area contributed by atoms with Crippen LogP contribution in [0.25, 0.3) is 6.08 Å². The molecule has 0 saturated heterocycles. The molecule has 1 aromatic rings. The standard InChI is InChI=1S/C19H25N/c1-2-16-7-9-17(10-8-16)5-3-4-6-18-11-13-19(15-20)14-12-18/h4,6,11-14,16-17H,2-3,5,7-10H2,1H3. The van der Waals surface area contributed by atoms with E-state index in [0.29, 0.717) is 0 Å². The third kappa shape index (κ3) is 4.53. The second-order valence-electron chi connectivity index (χ2n) is 6.01. The molecule has 20 heavy (non-hydrogen) atoms. The van der Waals surface area contributed by atoms with Gasteiger partial charge in [0.15, 0.2) is 0 Å². The summed E-state index contributed by atoms with van der Waals surface area (Å²) in [5.74, 6) is 1.95. The molecule has 0 aliphatic heterocycles. The molecule has 1 nitrogen and oxygen atoms in total. The Morgan fingerprint density at radius 3 is 2.35 bits per heavy atom. The normalized spacial score (nSPS) is 22.8. The number of hydrogen-bond acceptors (Lipinski definition) is 1. The molecule has 1 saturated carbocycles. The molecule has 0 spiro atoms. The minimum Gasteiger partial charge on any atom is -0.192 e. The van der Waals surface area contributed by atoms with Gasteiger partial charge in [0.2, 0.25) is 0 Å². The fraction of sp³-hybridized carbons (Fsp3) is 0.526. The second kappa shape index (κ2) is 7.90. The summed E-state index contributed by atoms with van der Waals surface area (Å²) in [4.78, 5) is 0. The fourth-order valence-corrected chi connectivity index (χ4v) is 3.15. The molecule has 0 atom stereocenters. The van der Waals surface area contributed by atoms with Gasteiger partial charge in [-0.2, -0.15) is 5.26 Å². The van der Waals surface area contributed by atoms with E-state index in [2.05, 4.69) is 25.1 Å². The molecule has 1 aliphatic rings. The first-order chi connectivity index (χ1) is 9.81. The molecule has 0 radical (unpaired) electrons. The molecule has 0 heterocycles. The number of rotatable bonds is 5. The van der Waals surface area contributed by atoms with Gasteiger partial charge in [-0.05, 0) is 42.4 Å². The van der Waals surface area contributed by atoms with Crippen LogP contribution in [0.1, 0.15) is 63.0 Å². The molecule has 1 aromatic carbocycles. The van der Waals surface area contributed by atoms with Crippen molar-refractivity contribution in [2.24, 2.45) is 11.8 Å². The highest BCUT2D eigenvalue weighted by atomic mass is 14.2. The molecule has 1 aliphatic carbocycles. The van der Waals surface area contributed by atoms with E-state index in [1.807, 2.05) is 24.3 Å². The molecule has 2 rings (SSSR count). The van der Waals surface area contributed by atoms with Crippen LogP contribution < -0.4 is 0 Å². The lowest BCUT2D eigenvalue weighted by Gasteiger charge is -2.27. The Morgan fingerprint density at radius 2 is 1.75 bits per heavy atom. The maximum Gasteiger partial charge on any atom is 0.0991 e. The largest absolute Gasteiger partial charge is 0.192 e. The first-order valence-electron chi connectivity index (χ1n) is 7.98. The van der Waals surface area contributed by atoms with E-state index in [1.165, 1.54) is 50.5 Å². The molecule has 0 unspecified atom stereocenters. The van der Waals surface area contributed by atoms with Crippen molar-refractivity contribution in [3.63, 3.8) is 0 Å². The smallest absolute Gasteiger partial charge is 0.0991 e. The molecule has 0 N–H and O–H groups in total. The molecule has 1 fully saturated rings. The fourth-order valence-electron chi connectivity index (χ4n) is 3.15. The van der Waals surface area contributed by atoms with Gasteiger partial charge in [-0.3, -0.25) is 0 Å². The molecule has 106 valence electrons. The van der Waals surface area contributed by atoms with Crippen molar-refractivity contribution in [1.29, 1.82) is 5.26 Å². The lowest BCUT2D eigenvalue weighted by molar-refractivity contribution is 0.260. The second-order valence-corrected chi connectivity index (χ2v) is 6.01. The monoisotopic (exact) mass is 267 g/mol. The number of allylic oxidation sites excluding steroid dienone is 1. The Hall–Kier alpha value is -1.55. The number of nitrogens with zero attached hydrogens (tertiary/aromatic N) is 1. The van der Waals surface area contributed by atoms with Crippen LogP contribution in [-0.2, 0) is 0 Å². The minimum absolute atomic E-state index is 0.731. The van der Waals surface area contributed by atoms with Gasteiger partial charge in [-0.15, -0.1) is 0 Å². The van der Waals surface area contributed by atoms with Gasteiger partial charge in [0, 0.05) is 0 Å². The van der Waals surface area contributed by atoms with Crippen molar-refractivity contribution in [2.45, 2.75) is 51.9 Å². The average Bonchev–Trinajstić information content (AvgIpc) is 2.53. The maximum absolute atomic E-state index is 8.76. The van der Waals surface area contributed by atoms with Crippen LogP contribution in [0.5, 0.6) is 0 Å². The van der Waals surface area contributed by atoms with Gasteiger partial charge in [0.1, 0.15) is 0 Å². The van der Waals surface area contributed by atoms with Crippen LogP contribution >= 0.6 is 0 Å². The number of nitriles is 1. The Morgan fingerprint density at radius 1 is 1.10 bits per heavy atom. The Kier molecular flexibility index (Phi) is 5.87. The van der Waals surface area contributed by atoms with Gasteiger partial charge in [0.05, 0.1) is 11.6 Å². The van der Waals surface area contributed by atoms with Crippen LogP contribution in [0.3, 0.4) is 0 Å². The van der Waals surface area contributed by atoms with Gasteiger partial charge >= 0.3 is 0 Å². The molecule has 0 bridgehead atoms. The summed E-state index contributed by atoms with van der Waals surface area (Å²) < 4.78 is 0. The van der Waals surface area contributed by atoms with E-state index in [-0.39, 0.29) is 0 Å². The highest BCUT2D eigenvalue weighted by Gasteiger charge is 2.18. The first-order valence-corrected chi connectivity index (χ1v) is 7.98. The summed E-state index contributed by atoms with van der Waals surface area (Å²) >= 11 is 0. The van der Waals surface area contributed by atoms with E-state index in [1.54, 1.807) is 0 Å². The lowest BCUT2D eigenvalue weighted by Crippen LogP contribution is -2.13. The lowest BCUT2D eigenvalue weighted by atomic mass is 9.79. The average molecular weight is 267 g/mol. The molecular formula is C19H25N. The van der Waals surface area contributed by atoms with Crippen molar-refractivity contribution in [3.05, 3.63) is 41.5 Å². The number of benzene rings is 1. The highest BCUT2D eigenvalue weighted by molar-refractivity contribution is 5.50. The van der Waals surface area contributed by atoms with Crippen molar-refractivity contribution in [1.82, 2.24) is 0 Å². The van der Waals surface area contributed by atoms with Crippen molar-refractivity contribution in [3.8, 4) is 6.07 Å². The van der Waals surface area contributed by atoms with Crippen LogP contribution in [0.2, 0.25) is 0 Å². The summed E-state index contributed by atoms with van der Waals surface area (Å²) in [6, 6.07) is 9.94. The zero-order valence-corrected chi connectivity index (χ0v) is 12.5. The first kappa shape index (κ1) is 14.9. The Balaban J connectivity index is 1.70. The topological polar surface area (TPSA) is 23.8 Å². The van der Waals surface area contributed by atoms with E-state index in [4.69, 9.17) is 5.26 Å². The molecular weight excluding hydrogens is 242 g/mol. The van der Waals surface area contributed by atoms with Crippen LogP contribution in [-0.4, -0.2) is 0 Å². The van der Waals surface area contributed by atoms with E-state index >= 15 is 0 Å². The summed E-state index contributed by atoms with van der Waals surface area (Å²) in [5, 5.41) is 8.76. The summed E-state index contributed by atoms with van der Waals surface area (Å²) in [6.07, 6.45) is 14.1. The van der Waals surface area contributed by atoms with Crippen molar-refractivity contribution in [2.75, 3.05) is 0 Å². The predicted octanol–water partition coefficient (Wildman–Crippen LogP) is 5.57. The van der Waals surface area contributed by atoms with Crippen molar-refractivity contribution >= 4 is 6.08 Å². The van der Waals surface area contributed by atoms with Crippen LogP contribution in [0.15, 0.2) is 30.3 Å². The highest BCUT2D eigenvalue weighted by Crippen LogP contribution is 2.33. The Bertz CT molecular complexity index is 456. The zero-order valence-electron chi connectivity index (χ0n) is 12.5. The summed E-state index contributed by atoms with van der Waals surface area (Å²) in [7, 11) is 0. The SMILES string of the molecule is CCC1CCC(CCC=Cc2ccc(C#N)cc2)CC1. The van der Waals surface area contributed by atoms with Crippen molar-refractivity contribution < 1.29 is 0 Å². The summed E-state index contributed by atoms with van der Waals surface area (Å²) in [6.45, 7) is 2.32. The summed E-state index contributed by atoms with van der Waals surface area (Å²) in [5.41, 5.74) is 1.92. The van der Waals surface area contributed by atoms with Gasteiger partial charge < -0.3 is 0 Å². The van der Waals surface area contributed by atoms with Crippen LogP contribution in [0.4, 0.5) is 0 Å². The quantitative estimate of drug-likeness (QED) is 0.684. The van der Waals surface area contributed by atoms with Gasteiger partial charge in [0.25, 0.3) is 0 Å². The zero-order chi connectivity index (χ0) is 14.2. The van der Waals surface area contributed by atoms with Gasteiger partial charge in [-0.1, -0.05) is 63.3 Å². The third-order valence-corrected chi connectivity index (χ3v) is 4.64. The van der Waals surface area contributed by atoms with E-state index in [9.17, 15) is 0 Å². The van der Waals surface area contributed by atoms with Crippen LogP contribution in [0, 0.1) is 23.2 Å². The number of hydrogen-bond donors (Lipinski definition) is 0. The maximum atomic E-state index is 8.76.